The summed E-state index contributed by atoms with van der Waals surface area (Å²) in [6, 6.07) is 14.4. The third-order valence-corrected chi connectivity index (χ3v) is 3.58. The number of nitrogens with one attached hydrogen (secondary N) is 1. The zero-order chi connectivity index (χ0) is 17.5. The average molecular weight is 327 g/mol. The largest absolute Gasteiger partial charge is 0.507 e. The lowest BCUT2D eigenvalue weighted by Crippen LogP contribution is -2.36. The van der Waals surface area contributed by atoms with Crippen LogP contribution in [0.3, 0.4) is 0 Å². The predicted octanol–water partition coefficient (Wildman–Crippen LogP) is 2.60. The number of amides is 1. The molecule has 1 amide bonds. The molecule has 1 atom stereocenters. The second-order valence-corrected chi connectivity index (χ2v) is 5.59. The number of aryl methyl sites for hydroxylation is 1. The van der Waals surface area contributed by atoms with Crippen LogP contribution in [0.25, 0.3) is 0 Å². The number of hydrogen-bond donors (Lipinski definition) is 2. The third kappa shape index (κ3) is 4.84. The van der Waals surface area contributed by atoms with Crippen LogP contribution in [0, 0.1) is 6.92 Å². The molecule has 0 fully saturated rings. The summed E-state index contributed by atoms with van der Waals surface area (Å²) in [7, 11) is 0. The van der Waals surface area contributed by atoms with E-state index in [1.807, 2.05) is 30.3 Å². The van der Waals surface area contributed by atoms with Crippen LogP contribution in [-0.2, 0) is 16.0 Å². The van der Waals surface area contributed by atoms with Gasteiger partial charge in [0, 0.05) is 6.54 Å². The Kier molecular flexibility index (Phi) is 5.95. The van der Waals surface area contributed by atoms with Gasteiger partial charge in [0.15, 0.2) is 6.10 Å². The smallest absolute Gasteiger partial charge is 0.342 e. The van der Waals surface area contributed by atoms with E-state index in [1.165, 1.54) is 19.1 Å². The Morgan fingerprint density at radius 1 is 1.17 bits per heavy atom. The summed E-state index contributed by atoms with van der Waals surface area (Å²) >= 11 is 0. The topological polar surface area (TPSA) is 75.6 Å². The average Bonchev–Trinajstić information content (AvgIpc) is 2.55. The molecule has 0 saturated heterocycles. The highest BCUT2D eigenvalue weighted by Crippen LogP contribution is 2.19. The van der Waals surface area contributed by atoms with Crippen LogP contribution in [0.4, 0.5) is 0 Å². The van der Waals surface area contributed by atoms with E-state index in [0.717, 1.165) is 11.1 Å². The van der Waals surface area contributed by atoms with Gasteiger partial charge in [0.1, 0.15) is 11.3 Å². The van der Waals surface area contributed by atoms with Crippen molar-refractivity contribution in [2.45, 2.75) is 26.4 Å². The van der Waals surface area contributed by atoms with Crippen molar-refractivity contribution in [1.82, 2.24) is 5.32 Å². The van der Waals surface area contributed by atoms with Crippen molar-refractivity contribution in [1.29, 1.82) is 0 Å². The normalized spacial score (nSPS) is 11.6. The van der Waals surface area contributed by atoms with Crippen molar-refractivity contribution in [2.24, 2.45) is 0 Å². The molecule has 126 valence electrons. The lowest BCUT2D eigenvalue weighted by atomic mass is 10.1. The summed E-state index contributed by atoms with van der Waals surface area (Å²) in [5.74, 6) is -1.25. The molecule has 0 aromatic heterocycles. The quantitative estimate of drug-likeness (QED) is 0.800. The van der Waals surface area contributed by atoms with Gasteiger partial charge in [-0.3, -0.25) is 4.79 Å². The van der Waals surface area contributed by atoms with Crippen molar-refractivity contribution in [3.8, 4) is 5.75 Å². The maximum Gasteiger partial charge on any atom is 0.342 e. The molecule has 2 aromatic carbocycles. The Labute approximate surface area is 141 Å². The number of phenolic OH excluding ortho intramolecular Hbond substituents is 1. The van der Waals surface area contributed by atoms with E-state index in [4.69, 9.17) is 4.74 Å². The number of rotatable bonds is 6. The van der Waals surface area contributed by atoms with Crippen molar-refractivity contribution in [3.63, 3.8) is 0 Å². The minimum Gasteiger partial charge on any atom is -0.507 e. The van der Waals surface area contributed by atoms with Crippen LogP contribution < -0.4 is 5.32 Å². The number of aromatic hydroxyl groups is 1. The van der Waals surface area contributed by atoms with Gasteiger partial charge < -0.3 is 15.2 Å². The predicted molar refractivity (Wildman–Crippen MR) is 90.9 cm³/mol. The van der Waals surface area contributed by atoms with Gasteiger partial charge in [0.25, 0.3) is 5.91 Å². The number of ether oxygens (including phenoxy) is 1. The van der Waals surface area contributed by atoms with E-state index in [2.05, 4.69) is 5.32 Å². The lowest BCUT2D eigenvalue weighted by molar-refractivity contribution is -0.129. The molecule has 0 spiro atoms. The molecule has 5 heteroatoms. The Morgan fingerprint density at radius 3 is 2.54 bits per heavy atom. The van der Waals surface area contributed by atoms with E-state index < -0.39 is 12.1 Å². The maximum atomic E-state index is 12.0. The van der Waals surface area contributed by atoms with Crippen molar-refractivity contribution in [2.75, 3.05) is 6.54 Å². The molecule has 2 rings (SSSR count). The van der Waals surface area contributed by atoms with Gasteiger partial charge in [-0.05, 0) is 43.5 Å². The molecular weight excluding hydrogens is 306 g/mol. The number of carbonyl (C=O) groups excluding carboxylic acids is 2. The molecule has 5 nitrogen and oxygen atoms in total. The van der Waals surface area contributed by atoms with Gasteiger partial charge >= 0.3 is 5.97 Å². The molecule has 0 aliphatic carbocycles. The molecule has 0 aliphatic heterocycles. The van der Waals surface area contributed by atoms with E-state index in [1.54, 1.807) is 13.0 Å². The van der Waals surface area contributed by atoms with E-state index in [0.29, 0.717) is 13.0 Å². The molecule has 0 bridgehead atoms. The van der Waals surface area contributed by atoms with Crippen molar-refractivity contribution >= 4 is 11.9 Å². The van der Waals surface area contributed by atoms with Crippen LogP contribution in [0.15, 0.2) is 48.5 Å². The molecule has 2 N–H and O–H groups in total. The number of esters is 1. The maximum absolute atomic E-state index is 12.0. The first-order valence-corrected chi connectivity index (χ1v) is 7.79. The second-order valence-electron chi connectivity index (χ2n) is 5.59. The van der Waals surface area contributed by atoms with Crippen LogP contribution in [-0.4, -0.2) is 29.6 Å². The molecule has 0 radical (unpaired) electrons. The first kappa shape index (κ1) is 17.5. The first-order valence-electron chi connectivity index (χ1n) is 7.79. The van der Waals surface area contributed by atoms with Crippen LogP contribution in [0.2, 0.25) is 0 Å². The summed E-state index contributed by atoms with van der Waals surface area (Å²) in [5.41, 5.74) is 1.99. The number of carbonyl (C=O) groups is 2. The molecule has 0 saturated carbocycles. The second kappa shape index (κ2) is 8.15. The molecule has 0 unspecified atom stereocenters. The number of benzene rings is 2. The molecule has 0 aliphatic rings. The fourth-order valence-corrected chi connectivity index (χ4v) is 2.21. The highest BCUT2D eigenvalue weighted by Gasteiger charge is 2.20. The summed E-state index contributed by atoms with van der Waals surface area (Å²) in [5, 5.41) is 12.5. The summed E-state index contributed by atoms with van der Waals surface area (Å²) in [6.07, 6.45) is -0.236. The lowest BCUT2D eigenvalue weighted by Gasteiger charge is -2.14. The van der Waals surface area contributed by atoms with Gasteiger partial charge in [-0.2, -0.15) is 0 Å². The van der Waals surface area contributed by atoms with Gasteiger partial charge in [-0.25, -0.2) is 4.79 Å². The summed E-state index contributed by atoms with van der Waals surface area (Å²) < 4.78 is 5.11. The van der Waals surface area contributed by atoms with Crippen LogP contribution >= 0.6 is 0 Å². The third-order valence-electron chi connectivity index (χ3n) is 3.58. The van der Waals surface area contributed by atoms with E-state index in [9.17, 15) is 14.7 Å². The molecule has 24 heavy (non-hydrogen) atoms. The fraction of sp³-hybridized carbons (Fsp3) is 0.263. The van der Waals surface area contributed by atoms with Gasteiger partial charge in [-0.15, -0.1) is 0 Å². The number of phenols is 1. The first-order chi connectivity index (χ1) is 11.5. The zero-order valence-electron chi connectivity index (χ0n) is 13.8. The highest BCUT2D eigenvalue weighted by molar-refractivity contribution is 5.94. The molecule has 0 heterocycles. The number of hydrogen-bond acceptors (Lipinski definition) is 4. The summed E-state index contributed by atoms with van der Waals surface area (Å²) in [6.45, 7) is 3.76. The minimum absolute atomic E-state index is 0.0459. The Hall–Kier alpha value is -2.82. The van der Waals surface area contributed by atoms with Crippen molar-refractivity contribution < 1.29 is 19.4 Å². The van der Waals surface area contributed by atoms with E-state index >= 15 is 0 Å². The zero-order valence-corrected chi connectivity index (χ0v) is 13.8. The Morgan fingerprint density at radius 2 is 1.88 bits per heavy atom. The minimum atomic E-state index is -0.936. The molecule has 2 aromatic rings. The van der Waals surface area contributed by atoms with Crippen LogP contribution in [0.1, 0.15) is 28.4 Å². The fourth-order valence-electron chi connectivity index (χ4n) is 2.21. The Bertz CT molecular complexity index is 713. The van der Waals surface area contributed by atoms with Crippen LogP contribution in [0.5, 0.6) is 5.75 Å². The summed E-state index contributed by atoms with van der Waals surface area (Å²) in [4.78, 5) is 24.0. The van der Waals surface area contributed by atoms with Gasteiger partial charge in [-0.1, -0.05) is 36.4 Å². The molecular formula is C19H21NO4. The van der Waals surface area contributed by atoms with Gasteiger partial charge in [0.05, 0.1) is 0 Å². The monoisotopic (exact) mass is 327 g/mol. The van der Waals surface area contributed by atoms with Crippen molar-refractivity contribution in [3.05, 3.63) is 65.2 Å². The SMILES string of the molecule is Cc1ccc(C(=O)O[C@H](C)C(=O)NCCc2ccccc2)c(O)c1. The Balaban J connectivity index is 1.83. The van der Waals surface area contributed by atoms with Gasteiger partial charge in [0.2, 0.25) is 0 Å². The highest BCUT2D eigenvalue weighted by atomic mass is 16.5. The van der Waals surface area contributed by atoms with E-state index in [-0.39, 0.29) is 17.2 Å². The standard InChI is InChI=1S/C19H21NO4/c1-13-8-9-16(17(21)12-13)19(23)24-14(2)18(22)20-11-10-15-6-4-3-5-7-15/h3-9,12,14,21H,10-11H2,1-2H3,(H,20,22)/t14-/m1/s1.